The first-order valence-corrected chi connectivity index (χ1v) is 9.66. The van der Waals surface area contributed by atoms with Crippen molar-refractivity contribution >= 4 is 33.4 Å². The highest BCUT2D eigenvalue weighted by molar-refractivity contribution is 7.98. The van der Waals surface area contributed by atoms with E-state index in [1.165, 1.54) is 6.07 Å². The summed E-state index contributed by atoms with van der Waals surface area (Å²) >= 11 is 7.68. The predicted octanol–water partition coefficient (Wildman–Crippen LogP) is 2.48. The van der Waals surface area contributed by atoms with Gasteiger partial charge in [0.25, 0.3) is 0 Å². The Hall–Kier alpha value is -0.270. The minimum atomic E-state index is -3.50. The summed E-state index contributed by atoms with van der Waals surface area (Å²) < 4.78 is 27.2. The molecule has 0 bridgehead atoms. The standard InChI is InChI=1S/C13H21ClN2O2S2/c1-4-15-8-11-7-12(5-6-13(11)14)20(17,18)16-10(2)9-19-3/h5-7,10,15-16H,4,8-9H2,1-3H3. The molecule has 114 valence electrons. The van der Waals surface area contributed by atoms with E-state index in [0.29, 0.717) is 11.6 Å². The Morgan fingerprint density at radius 2 is 2.10 bits per heavy atom. The lowest BCUT2D eigenvalue weighted by molar-refractivity contribution is 0.571. The average Bonchev–Trinajstić information content (AvgIpc) is 2.37. The number of halogens is 1. The summed E-state index contributed by atoms with van der Waals surface area (Å²) in [7, 11) is -3.50. The van der Waals surface area contributed by atoms with Crippen LogP contribution in [0.2, 0.25) is 5.02 Å². The van der Waals surface area contributed by atoms with E-state index in [0.717, 1.165) is 17.9 Å². The van der Waals surface area contributed by atoms with Crippen molar-refractivity contribution in [1.29, 1.82) is 0 Å². The molecule has 4 nitrogen and oxygen atoms in total. The van der Waals surface area contributed by atoms with Gasteiger partial charge in [0, 0.05) is 23.4 Å². The fourth-order valence-corrected chi connectivity index (χ4v) is 3.90. The molecule has 0 saturated carbocycles. The molecule has 0 spiro atoms. The molecule has 2 N–H and O–H groups in total. The Morgan fingerprint density at radius 3 is 2.70 bits per heavy atom. The van der Waals surface area contributed by atoms with Crippen molar-refractivity contribution in [2.24, 2.45) is 0 Å². The predicted molar refractivity (Wildman–Crippen MR) is 87.0 cm³/mol. The lowest BCUT2D eigenvalue weighted by Crippen LogP contribution is -2.34. The Morgan fingerprint density at radius 1 is 1.40 bits per heavy atom. The molecular formula is C13H21ClN2O2S2. The average molecular weight is 337 g/mol. The second kappa shape index (κ2) is 8.24. The van der Waals surface area contributed by atoms with Crippen molar-refractivity contribution in [3.05, 3.63) is 28.8 Å². The molecule has 0 amide bonds. The van der Waals surface area contributed by atoms with Gasteiger partial charge in [0.2, 0.25) is 10.0 Å². The van der Waals surface area contributed by atoms with Crippen LogP contribution in [0.3, 0.4) is 0 Å². The molecule has 1 unspecified atom stereocenters. The third-order valence-electron chi connectivity index (χ3n) is 2.67. The molecule has 0 radical (unpaired) electrons. The maximum absolute atomic E-state index is 12.3. The second-order valence-electron chi connectivity index (χ2n) is 4.51. The third kappa shape index (κ3) is 5.26. The van der Waals surface area contributed by atoms with Gasteiger partial charge in [0.1, 0.15) is 0 Å². The van der Waals surface area contributed by atoms with Gasteiger partial charge in [-0.3, -0.25) is 0 Å². The van der Waals surface area contributed by atoms with Gasteiger partial charge >= 0.3 is 0 Å². The fraction of sp³-hybridized carbons (Fsp3) is 0.538. The highest BCUT2D eigenvalue weighted by atomic mass is 35.5. The first-order chi connectivity index (χ1) is 9.40. The van der Waals surface area contributed by atoms with Crippen molar-refractivity contribution in [1.82, 2.24) is 10.0 Å². The molecule has 1 atom stereocenters. The van der Waals surface area contributed by atoms with Crippen LogP contribution in [0.4, 0.5) is 0 Å². The third-order valence-corrected chi connectivity index (χ3v) is 5.46. The largest absolute Gasteiger partial charge is 0.313 e. The summed E-state index contributed by atoms with van der Waals surface area (Å²) in [5.41, 5.74) is 0.786. The summed E-state index contributed by atoms with van der Waals surface area (Å²) in [5, 5.41) is 3.71. The molecule has 0 heterocycles. The van der Waals surface area contributed by atoms with Gasteiger partial charge in [0.15, 0.2) is 0 Å². The molecule has 7 heteroatoms. The molecule has 1 aromatic carbocycles. The zero-order valence-electron chi connectivity index (χ0n) is 11.9. The van der Waals surface area contributed by atoms with Gasteiger partial charge in [0.05, 0.1) is 4.90 Å². The highest BCUT2D eigenvalue weighted by Gasteiger charge is 2.18. The second-order valence-corrected chi connectivity index (χ2v) is 7.54. The van der Waals surface area contributed by atoms with Crippen molar-refractivity contribution in [3.8, 4) is 0 Å². The lowest BCUT2D eigenvalue weighted by atomic mass is 10.2. The monoisotopic (exact) mass is 336 g/mol. The molecule has 0 aliphatic rings. The molecule has 20 heavy (non-hydrogen) atoms. The number of nitrogens with one attached hydrogen (secondary N) is 2. The normalized spacial score (nSPS) is 13.4. The Kier molecular flexibility index (Phi) is 7.33. The number of hydrogen-bond donors (Lipinski definition) is 2. The van der Waals surface area contributed by atoms with Gasteiger partial charge < -0.3 is 5.32 Å². The minimum Gasteiger partial charge on any atom is -0.313 e. The SMILES string of the molecule is CCNCc1cc(S(=O)(=O)NC(C)CSC)ccc1Cl. The van der Waals surface area contributed by atoms with Crippen LogP contribution in [-0.4, -0.2) is 33.0 Å². The van der Waals surface area contributed by atoms with E-state index in [9.17, 15) is 8.42 Å². The topological polar surface area (TPSA) is 58.2 Å². The number of thioether (sulfide) groups is 1. The van der Waals surface area contributed by atoms with Crippen LogP contribution < -0.4 is 10.0 Å². The van der Waals surface area contributed by atoms with E-state index in [4.69, 9.17) is 11.6 Å². The molecule has 0 fully saturated rings. The van der Waals surface area contributed by atoms with E-state index in [1.807, 2.05) is 20.1 Å². The summed E-state index contributed by atoms with van der Waals surface area (Å²) in [6.07, 6.45) is 1.95. The maximum Gasteiger partial charge on any atom is 0.240 e. The van der Waals surface area contributed by atoms with Crippen molar-refractivity contribution in [2.75, 3.05) is 18.6 Å². The van der Waals surface area contributed by atoms with Crippen LogP contribution >= 0.6 is 23.4 Å². The van der Waals surface area contributed by atoms with Gasteiger partial charge in [-0.25, -0.2) is 13.1 Å². The molecule has 0 aromatic heterocycles. The molecule has 0 aliphatic carbocycles. The van der Waals surface area contributed by atoms with Crippen molar-refractivity contribution in [2.45, 2.75) is 31.3 Å². The molecule has 1 aromatic rings. The highest BCUT2D eigenvalue weighted by Crippen LogP contribution is 2.20. The Bertz CT molecular complexity index is 535. The fourth-order valence-electron chi connectivity index (χ4n) is 1.73. The van der Waals surface area contributed by atoms with E-state index in [1.54, 1.807) is 23.9 Å². The molecule has 0 saturated heterocycles. The number of sulfonamides is 1. The van der Waals surface area contributed by atoms with Gasteiger partial charge in [-0.1, -0.05) is 18.5 Å². The van der Waals surface area contributed by atoms with Gasteiger partial charge in [-0.2, -0.15) is 11.8 Å². The van der Waals surface area contributed by atoms with Gasteiger partial charge in [-0.05, 0) is 43.5 Å². The number of rotatable bonds is 8. The minimum absolute atomic E-state index is 0.108. The summed E-state index contributed by atoms with van der Waals surface area (Å²) in [5.74, 6) is 0.733. The Labute approximate surface area is 130 Å². The quantitative estimate of drug-likeness (QED) is 0.765. The summed E-state index contributed by atoms with van der Waals surface area (Å²) in [4.78, 5) is 0.253. The smallest absolute Gasteiger partial charge is 0.240 e. The van der Waals surface area contributed by atoms with Crippen molar-refractivity contribution in [3.63, 3.8) is 0 Å². The van der Waals surface area contributed by atoms with Crippen LogP contribution in [0.5, 0.6) is 0 Å². The zero-order valence-corrected chi connectivity index (χ0v) is 14.3. The van der Waals surface area contributed by atoms with Crippen LogP contribution in [0.25, 0.3) is 0 Å². The molecule has 0 aliphatic heterocycles. The zero-order chi connectivity index (χ0) is 15.2. The van der Waals surface area contributed by atoms with Crippen LogP contribution in [0, 0.1) is 0 Å². The van der Waals surface area contributed by atoms with Crippen molar-refractivity contribution < 1.29 is 8.42 Å². The van der Waals surface area contributed by atoms with Gasteiger partial charge in [-0.15, -0.1) is 0 Å². The van der Waals surface area contributed by atoms with E-state index in [-0.39, 0.29) is 10.9 Å². The number of hydrogen-bond acceptors (Lipinski definition) is 4. The lowest BCUT2D eigenvalue weighted by Gasteiger charge is -2.14. The maximum atomic E-state index is 12.3. The van der Waals surface area contributed by atoms with Crippen LogP contribution in [0.1, 0.15) is 19.4 Å². The van der Waals surface area contributed by atoms with Crippen LogP contribution in [0.15, 0.2) is 23.1 Å². The summed E-state index contributed by atoms with van der Waals surface area (Å²) in [6, 6.07) is 4.68. The van der Waals surface area contributed by atoms with E-state index in [2.05, 4.69) is 10.0 Å². The molecular weight excluding hydrogens is 316 g/mol. The first-order valence-electron chi connectivity index (χ1n) is 6.41. The first kappa shape index (κ1) is 17.8. The van der Waals surface area contributed by atoms with E-state index < -0.39 is 10.0 Å². The number of benzene rings is 1. The Balaban J connectivity index is 2.94. The summed E-state index contributed by atoms with van der Waals surface area (Å²) in [6.45, 7) is 5.19. The molecule has 1 rings (SSSR count). The van der Waals surface area contributed by atoms with Crippen LogP contribution in [-0.2, 0) is 16.6 Å². The van der Waals surface area contributed by atoms with E-state index >= 15 is 0 Å².